The summed E-state index contributed by atoms with van der Waals surface area (Å²) in [5, 5.41) is 8.72. The summed E-state index contributed by atoms with van der Waals surface area (Å²) in [7, 11) is 1.75. The summed E-state index contributed by atoms with van der Waals surface area (Å²) in [6, 6.07) is 7.77. The van der Waals surface area contributed by atoms with Gasteiger partial charge in [0.2, 0.25) is 5.91 Å². The summed E-state index contributed by atoms with van der Waals surface area (Å²) in [6.07, 6.45) is 9.92. The molecule has 8 bridgehead atoms. The molecule has 9 aliphatic rings. The van der Waals surface area contributed by atoms with Crippen molar-refractivity contribution in [3.63, 3.8) is 0 Å². The summed E-state index contributed by atoms with van der Waals surface area (Å²) >= 11 is 1.54. The number of thiazole rings is 1. The average molecular weight is 1030 g/mol. The largest absolute Gasteiger partial charge is 0.464 e. The number of pyridine rings is 1. The van der Waals surface area contributed by atoms with Crippen molar-refractivity contribution in [1.82, 2.24) is 40.1 Å². The van der Waals surface area contributed by atoms with E-state index in [0.29, 0.717) is 64.5 Å². The number of methoxy groups -OCH3 is 1. The molecule has 2 N–H and O–H groups in total. The number of nitrogens with one attached hydrogen (secondary N) is 2. The van der Waals surface area contributed by atoms with Gasteiger partial charge in [-0.2, -0.15) is 0 Å². The molecule has 0 unspecified atom stereocenters. The van der Waals surface area contributed by atoms with Crippen LogP contribution in [-0.4, -0.2) is 162 Å². The maximum Gasteiger partial charge on any atom is 0.324 e. The molecule has 2 saturated carbocycles. The van der Waals surface area contributed by atoms with E-state index in [-0.39, 0.29) is 42.8 Å². The lowest BCUT2D eigenvalue weighted by molar-refractivity contribution is -0.163. The maximum absolute atomic E-state index is 15.2. The second-order valence-electron chi connectivity index (χ2n) is 23.3. The fourth-order valence-corrected chi connectivity index (χ4v) is 13.9. The van der Waals surface area contributed by atoms with Crippen LogP contribution < -0.4 is 15.6 Å². The quantitative estimate of drug-likeness (QED) is 0.149. The number of ether oxygens (including phenoxy) is 5. The number of anilines is 1. The SMILES string of the molecule is CO[C@@H](C)c1ncc(N2CCN(C3CC3)CC2)cc1-c1c2c3cc(ccc3n1CCOC1CCOCC1)-c1csc(n1)[C@@H](N1CC3CC1C3)[C@H](NC(=O)[C@@H]1C[C@@H](C)O1)C(=O)N1CCC[C@H](N1)C(=O)OCC(C)(C)C2. The van der Waals surface area contributed by atoms with Crippen molar-refractivity contribution in [2.45, 2.75) is 153 Å². The van der Waals surface area contributed by atoms with Crippen LogP contribution in [0.5, 0.6) is 0 Å². The number of esters is 1. The Morgan fingerprint density at radius 2 is 1.81 bits per heavy atom. The van der Waals surface area contributed by atoms with E-state index in [1.54, 1.807) is 12.1 Å². The zero-order valence-electron chi connectivity index (χ0n) is 43.9. The lowest BCUT2D eigenvalue weighted by Gasteiger charge is -2.41. The molecule has 6 atom stereocenters. The van der Waals surface area contributed by atoms with Crippen molar-refractivity contribution in [2.24, 2.45) is 11.3 Å². The first-order chi connectivity index (χ1) is 35.9. The van der Waals surface area contributed by atoms with Crippen LogP contribution >= 0.6 is 11.3 Å². The molecular weight excluding hydrogens is 959 g/mol. The number of cyclic esters (lactones) is 1. The Balaban J connectivity index is 1.00. The second kappa shape index (κ2) is 20.8. The summed E-state index contributed by atoms with van der Waals surface area (Å²) in [5.41, 5.74) is 10.7. The number of hydrogen-bond donors (Lipinski definition) is 2. The average Bonchev–Trinajstić information content (AvgIpc) is 3.65. The lowest BCUT2D eigenvalue weighted by Crippen LogP contribution is -2.64. The zero-order chi connectivity index (χ0) is 50.8. The number of hydrogen-bond acceptors (Lipinski definition) is 15. The van der Waals surface area contributed by atoms with Crippen molar-refractivity contribution in [1.29, 1.82) is 0 Å². The van der Waals surface area contributed by atoms with Crippen LogP contribution in [0.2, 0.25) is 0 Å². The van der Waals surface area contributed by atoms with Gasteiger partial charge in [-0.1, -0.05) is 19.9 Å². The van der Waals surface area contributed by atoms with E-state index in [9.17, 15) is 9.59 Å². The number of fused-ring (bicyclic) bond motifs is 7. The lowest BCUT2D eigenvalue weighted by atomic mass is 9.84. The van der Waals surface area contributed by atoms with Gasteiger partial charge in [-0.3, -0.25) is 34.2 Å². The molecule has 1 aromatic carbocycles. The van der Waals surface area contributed by atoms with Gasteiger partial charge in [0.25, 0.3) is 5.91 Å². The molecule has 0 radical (unpaired) electrons. The Labute approximate surface area is 438 Å². The molecule has 2 amide bonds. The van der Waals surface area contributed by atoms with E-state index in [4.69, 9.17) is 33.7 Å². The molecule has 6 saturated heterocycles. The third-order valence-electron chi connectivity index (χ3n) is 17.3. The number of aromatic nitrogens is 3. The normalized spacial score (nSPS) is 29.4. The first-order valence-corrected chi connectivity index (χ1v) is 28.5. The molecular formula is C56H75N9O8S. The monoisotopic (exact) mass is 1030 g/mol. The number of piperazine rings is 1. The highest BCUT2D eigenvalue weighted by molar-refractivity contribution is 7.10. The Hall–Kier alpha value is -4.53. The van der Waals surface area contributed by atoms with Crippen LogP contribution in [0.3, 0.4) is 0 Å². The third-order valence-corrected chi connectivity index (χ3v) is 18.2. The van der Waals surface area contributed by atoms with Crippen LogP contribution in [0.25, 0.3) is 33.4 Å². The molecule has 10 heterocycles. The van der Waals surface area contributed by atoms with Crippen LogP contribution in [0, 0.1) is 11.3 Å². The summed E-state index contributed by atoms with van der Waals surface area (Å²) in [6.45, 7) is 16.2. The molecule has 0 spiro atoms. The highest BCUT2D eigenvalue weighted by Gasteiger charge is 2.52. The Bertz CT molecular complexity index is 2720. The van der Waals surface area contributed by atoms with E-state index in [2.05, 4.69) is 80.4 Å². The van der Waals surface area contributed by atoms with Gasteiger partial charge in [-0.05, 0) is 101 Å². The fourth-order valence-electron chi connectivity index (χ4n) is 12.9. The van der Waals surface area contributed by atoms with Crippen LogP contribution in [-0.2, 0) is 51.0 Å². The minimum absolute atomic E-state index is 0.0257. The number of rotatable bonds is 12. The molecule has 17 nitrogen and oxygen atoms in total. The van der Waals surface area contributed by atoms with Gasteiger partial charge in [0.15, 0.2) is 0 Å². The highest BCUT2D eigenvalue weighted by atomic mass is 32.1. The molecule has 13 rings (SSSR count). The molecule has 7 aliphatic heterocycles. The first-order valence-electron chi connectivity index (χ1n) is 27.7. The third kappa shape index (κ3) is 10.0. The molecule has 4 aromatic rings. The topological polar surface area (TPSA) is 165 Å². The van der Waals surface area contributed by atoms with Gasteiger partial charge in [-0.25, -0.2) is 10.4 Å². The molecule has 3 aromatic heterocycles. The van der Waals surface area contributed by atoms with Crippen molar-refractivity contribution in [3.05, 3.63) is 52.1 Å². The van der Waals surface area contributed by atoms with Crippen LogP contribution in [0.1, 0.15) is 114 Å². The Kier molecular flexibility index (Phi) is 14.1. The molecule has 398 valence electrons. The van der Waals surface area contributed by atoms with Crippen molar-refractivity contribution >= 4 is 45.7 Å². The second-order valence-corrected chi connectivity index (χ2v) is 24.2. The molecule has 2 aliphatic carbocycles. The number of carbonyl (C=O) groups is 3. The maximum atomic E-state index is 15.2. The number of carbonyl (C=O) groups excluding carboxylic acids is 3. The first kappa shape index (κ1) is 50.3. The van der Waals surface area contributed by atoms with E-state index in [1.807, 2.05) is 13.1 Å². The van der Waals surface area contributed by atoms with E-state index in [0.717, 1.165) is 120 Å². The van der Waals surface area contributed by atoms with Gasteiger partial charge in [-0.15, -0.1) is 11.3 Å². The van der Waals surface area contributed by atoms with E-state index in [1.165, 1.54) is 24.2 Å². The molecule has 18 heteroatoms. The van der Waals surface area contributed by atoms with Crippen molar-refractivity contribution in [2.75, 3.05) is 77.7 Å². The van der Waals surface area contributed by atoms with Crippen LogP contribution in [0.4, 0.5) is 5.69 Å². The summed E-state index contributed by atoms with van der Waals surface area (Å²) < 4.78 is 33.1. The Morgan fingerprint density at radius 1 is 1.01 bits per heavy atom. The van der Waals surface area contributed by atoms with Gasteiger partial charge >= 0.3 is 5.97 Å². The summed E-state index contributed by atoms with van der Waals surface area (Å²) in [4.78, 5) is 61.8. The number of hydrazine groups is 1. The fraction of sp³-hybridized carbons (Fsp3) is 0.661. The predicted octanol–water partition coefficient (Wildman–Crippen LogP) is 6.43. The smallest absolute Gasteiger partial charge is 0.324 e. The van der Waals surface area contributed by atoms with Gasteiger partial charge in [0.1, 0.15) is 23.2 Å². The van der Waals surface area contributed by atoms with Crippen molar-refractivity contribution in [3.8, 4) is 22.5 Å². The number of benzene rings is 1. The number of amides is 2. The predicted molar refractivity (Wildman–Crippen MR) is 281 cm³/mol. The van der Waals surface area contributed by atoms with Gasteiger partial charge < -0.3 is 38.5 Å². The van der Waals surface area contributed by atoms with Crippen molar-refractivity contribution < 1.29 is 38.1 Å². The van der Waals surface area contributed by atoms with E-state index < -0.39 is 35.6 Å². The standard InChI is InChI=1S/C56H75N9O8S/c1-33-23-47(73-33)52(66)59-49-51(64-30-35-24-38(64)25-35)53-58-45(31-74-53)36-8-11-46-41(26-36)43(28-56(3,4)32-72-55(68)44-7-6-14-65(60-44)54(49)67)50(63(46)19-22-71-40-12-20-70-21-13-40)42-27-39(29-57-48(42)34(2)69-5)62-17-15-61(16-18-62)37-9-10-37/h8,11,26-27,29,31,33-35,37-38,40,44,47,49,51,60H,6-7,9-10,12-25,28,30,32H2,1-5H3,(H,59,66)/t33-,34+,35?,38?,44+,47+,49+,51+/m1/s1. The number of nitrogens with zero attached hydrogens (tertiary/aromatic N) is 7. The van der Waals surface area contributed by atoms with Crippen LogP contribution in [0.15, 0.2) is 35.8 Å². The zero-order valence-corrected chi connectivity index (χ0v) is 44.7. The van der Waals surface area contributed by atoms with Gasteiger partial charge in [0.05, 0.1) is 66.5 Å². The molecule has 74 heavy (non-hydrogen) atoms. The highest BCUT2D eigenvalue weighted by Crippen LogP contribution is 2.48. The minimum atomic E-state index is -0.982. The minimum Gasteiger partial charge on any atom is -0.464 e. The van der Waals surface area contributed by atoms with Gasteiger partial charge in [0, 0.05) is 117 Å². The molecule has 8 fully saturated rings. The Morgan fingerprint density at radius 3 is 2.54 bits per heavy atom. The van der Waals surface area contributed by atoms with E-state index >= 15 is 4.79 Å². The summed E-state index contributed by atoms with van der Waals surface area (Å²) in [5.74, 6) is -0.463.